The second-order valence-electron chi connectivity index (χ2n) is 8.53. The molecule has 11 heteroatoms. The highest BCUT2D eigenvalue weighted by Crippen LogP contribution is 2.41. The number of anilines is 1. The minimum absolute atomic E-state index is 0.0461. The third kappa shape index (κ3) is 6.08. The van der Waals surface area contributed by atoms with E-state index in [2.05, 4.69) is 17.6 Å². The molecule has 1 fully saturated rings. The summed E-state index contributed by atoms with van der Waals surface area (Å²) >= 11 is 9.93. The number of hydrogen-bond donors (Lipinski definition) is 2. The normalized spacial score (nSPS) is 23.5. The van der Waals surface area contributed by atoms with Crippen LogP contribution in [-0.4, -0.2) is 39.3 Å². The lowest BCUT2D eigenvalue weighted by Gasteiger charge is -2.31. The summed E-state index contributed by atoms with van der Waals surface area (Å²) in [6.07, 6.45) is -1.73. The smallest absolute Gasteiger partial charge is 0.364 e. The van der Waals surface area contributed by atoms with Crippen molar-refractivity contribution in [3.8, 4) is 0 Å². The maximum absolute atomic E-state index is 12.7. The molecule has 36 heavy (non-hydrogen) atoms. The molecule has 190 valence electrons. The number of carbonyl (C=O) groups is 1. The van der Waals surface area contributed by atoms with E-state index in [1.165, 1.54) is 6.20 Å². The van der Waals surface area contributed by atoms with Crippen molar-refractivity contribution in [2.75, 3.05) is 12.3 Å². The fraction of sp³-hybridized carbons (Fsp3) is 0.320. The van der Waals surface area contributed by atoms with Gasteiger partial charge in [-0.2, -0.15) is 4.98 Å². The Morgan fingerprint density at radius 2 is 1.75 bits per heavy atom. The number of hydrogen-bond acceptors (Lipinski definition) is 8. The molecular weight excluding hydrogens is 506 g/mol. The Balaban J connectivity index is 1.65. The first kappa shape index (κ1) is 26.2. The third-order valence-corrected chi connectivity index (χ3v) is 6.19. The lowest BCUT2D eigenvalue weighted by atomic mass is 9.97. The Kier molecular flexibility index (Phi) is 8.32. The Bertz CT molecular complexity index is 1250. The molecule has 4 atom stereocenters. The number of nitrogens with two attached hydrogens (primary N) is 1. The molecule has 2 N–H and O–H groups in total. The van der Waals surface area contributed by atoms with Gasteiger partial charge in [-0.1, -0.05) is 84.9 Å². The number of nitrogen functional groups attached to an aromatic ring is 1. The monoisotopic (exact) mass is 531 g/mol. The van der Waals surface area contributed by atoms with Crippen LogP contribution >= 0.6 is 24.2 Å². The molecule has 2 heterocycles. The molecular formula is C25H26ClN3O6S. The summed E-state index contributed by atoms with van der Waals surface area (Å²) in [6, 6.07) is 19.1. The molecule has 3 aromatic rings. The summed E-state index contributed by atoms with van der Waals surface area (Å²) in [5.41, 5.74) is 5.70. The van der Waals surface area contributed by atoms with Crippen molar-refractivity contribution in [2.24, 2.45) is 0 Å². The summed E-state index contributed by atoms with van der Waals surface area (Å²) in [7, 11) is 0. The van der Waals surface area contributed by atoms with Crippen LogP contribution in [0.1, 0.15) is 24.3 Å². The van der Waals surface area contributed by atoms with Crippen LogP contribution < -0.4 is 11.4 Å². The lowest BCUT2D eigenvalue weighted by molar-refractivity contribution is -0.147. The number of nitrogens with zero attached hydrogens (tertiary/aromatic N) is 2. The van der Waals surface area contributed by atoms with Crippen LogP contribution in [0.5, 0.6) is 0 Å². The van der Waals surface area contributed by atoms with Gasteiger partial charge in [0.05, 0.1) is 24.8 Å². The topological polar surface area (TPSA) is 115 Å². The molecule has 0 saturated carbocycles. The fourth-order valence-electron chi connectivity index (χ4n) is 4.09. The highest BCUT2D eigenvalue weighted by atomic mass is 35.5. The second kappa shape index (κ2) is 11.4. The average Bonchev–Trinajstić information content (AvgIpc) is 3.12. The minimum atomic E-state index is -1.13. The van der Waals surface area contributed by atoms with Crippen LogP contribution in [0.15, 0.2) is 71.7 Å². The zero-order valence-electron chi connectivity index (χ0n) is 19.5. The standard InChI is InChI=1S/C25H26ClN3O6S/c1-25(15-32-13-16-8-4-2-5-9-16)20(33-14-17-10-6-3-7-11-17)19(34-24(31)36)22(35-25)29-12-18(26)21(27)28-23(29)30/h2-12,19-20,22H,13-15H2,1H3,(H,31,36)(H2,27,28,30)/t19-,20+,22-,25-/m1/s1. The Hall–Kier alpha value is -2.89. The molecule has 0 bridgehead atoms. The van der Waals surface area contributed by atoms with Crippen molar-refractivity contribution in [3.63, 3.8) is 0 Å². The van der Waals surface area contributed by atoms with E-state index in [4.69, 9.17) is 36.3 Å². The summed E-state index contributed by atoms with van der Waals surface area (Å²) in [5.74, 6) is -0.121. The highest BCUT2D eigenvalue weighted by molar-refractivity contribution is 7.96. The highest BCUT2D eigenvalue weighted by Gasteiger charge is 2.56. The van der Waals surface area contributed by atoms with Crippen molar-refractivity contribution in [1.29, 1.82) is 0 Å². The largest absolute Gasteiger partial charge is 0.447 e. The number of benzene rings is 2. The molecule has 0 amide bonds. The maximum atomic E-state index is 12.7. The van der Waals surface area contributed by atoms with Crippen molar-refractivity contribution in [3.05, 3.63) is 93.5 Å². The van der Waals surface area contributed by atoms with Crippen LogP contribution in [0.25, 0.3) is 0 Å². The van der Waals surface area contributed by atoms with Gasteiger partial charge in [0.15, 0.2) is 12.3 Å². The van der Waals surface area contributed by atoms with Crippen molar-refractivity contribution in [2.45, 2.75) is 44.2 Å². The fourth-order valence-corrected chi connectivity index (χ4v) is 4.36. The van der Waals surface area contributed by atoms with E-state index in [1.807, 2.05) is 60.7 Å². The number of aromatic nitrogens is 2. The van der Waals surface area contributed by atoms with Gasteiger partial charge >= 0.3 is 11.0 Å². The Labute approximate surface area is 218 Å². The number of ether oxygens (including phenoxy) is 4. The first-order chi connectivity index (χ1) is 17.3. The number of carbonyl (C=O) groups excluding carboxylic acids is 1. The summed E-state index contributed by atoms with van der Waals surface area (Å²) in [6.45, 7) is 2.36. The molecule has 0 radical (unpaired) electrons. The SMILES string of the molecule is C[C@]1(COCc2ccccc2)O[C@@H](n2cc(Cl)c(N)nc2=O)[C@H](OC(=O)S)[C@@H]1OCc1ccccc1. The van der Waals surface area contributed by atoms with Gasteiger partial charge in [0, 0.05) is 6.20 Å². The minimum Gasteiger partial charge on any atom is -0.447 e. The van der Waals surface area contributed by atoms with E-state index in [-0.39, 0.29) is 24.1 Å². The van der Waals surface area contributed by atoms with Crippen LogP contribution in [0, 0.1) is 0 Å². The molecule has 4 rings (SSSR count). The molecule has 0 unspecified atom stereocenters. The summed E-state index contributed by atoms with van der Waals surface area (Å²) in [4.78, 5) is 28.4. The van der Waals surface area contributed by atoms with Crippen LogP contribution in [-0.2, 0) is 32.2 Å². The Morgan fingerprint density at radius 3 is 2.36 bits per heavy atom. The van der Waals surface area contributed by atoms with E-state index >= 15 is 0 Å². The predicted molar refractivity (Wildman–Crippen MR) is 137 cm³/mol. The molecule has 2 aromatic carbocycles. The van der Waals surface area contributed by atoms with E-state index < -0.39 is 35.0 Å². The van der Waals surface area contributed by atoms with Gasteiger partial charge in [-0.05, 0) is 18.1 Å². The van der Waals surface area contributed by atoms with E-state index in [0.717, 1.165) is 15.7 Å². The average molecular weight is 532 g/mol. The van der Waals surface area contributed by atoms with Gasteiger partial charge in [0.1, 0.15) is 17.5 Å². The zero-order chi connectivity index (χ0) is 25.7. The summed E-state index contributed by atoms with van der Waals surface area (Å²) < 4.78 is 25.2. The van der Waals surface area contributed by atoms with Gasteiger partial charge in [-0.15, -0.1) is 0 Å². The van der Waals surface area contributed by atoms with Gasteiger partial charge in [-0.3, -0.25) is 4.57 Å². The lowest BCUT2D eigenvalue weighted by Crippen LogP contribution is -2.47. The van der Waals surface area contributed by atoms with Gasteiger partial charge < -0.3 is 24.7 Å². The molecule has 9 nitrogen and oxygen atoms in total. The molecule has 1 aliphatic heterocycles. The molecule has 0 aliphatic carbocycles. The molecule has 1 saturated heterocycles. The van der Waals surface area contributed by atoms with Gasteiger partial charge in [0.2, 0.25) is 0 Å². The zero-order valence-corrected chi connectivity index (χ0v) is 21.1. The van der Waals surface area contributed by atoms with Crippen molar-refractivity contribution < 1.29 is 23.7 Å². The van der Waals surface area contributed by atoms with Gasteiger partial charge in [-0.25, -0.2) is 9.59 Å². The van der Waals surface area contributed by atoms with Crippen molar-refractivity contribution >= 4 is 35.3 Å². The number of thiol groups is 1. The molecule has 1 aliphatic rings. The maximum Gasteiger partial charge on any atom is 0.364 e. The second-order valence-corrected chi connectivity index (χ2v) is 9.30. The third-order valence-electron chi connectivity index (χ3n) is 5.79. The molecule has 0 spiro atoms. The quantitative estimate of drug-likeness (QED) is 0.314. The van der Waals surface area contributed by atoms with Crippen LogP contribution in [0.2, 0.25) is 5.02 Å². The van der Waals surface area contributed by atoms with E-state index in [0.29, 0.717) is 6.61 Å². The summed E-state index contributed by atoms with van der Waals surface area (Å²) in [5, 5.41) is -0.816. The van der Waals surface area contributed by atoms with Crippen molar-refractivity contribution in [1.82, 2.24) is 9.55 Å². The van der Waals surface area contributed by atoms with Crippen LogP contribution in [0.3, 0.4) is 0 Å². The number of halogens is 1. The molecule has 1 aromatic heterocycles. The predicted octanol–water partition coefficient (Wildman–Crippen LogP) is 4.00. The first-order valence-electron chi connectivity index (χ1n) is 11.2. The number of rotatable bonds is 9. The van der Waals surface area contributed by atoms with Crippen LogP contribution in [0.4, 0.5) is 10.6 Å². The first-order valence-corrected chi connectivity index (χ1v) is 12.0. The van der Waals surface area contributed by atoms with E-state index in [9.17, 15) is 9.59 Å². The van der Waals surface area contributed by atoms with E-state index in [1.54, 1.807) is 6.92 Å². The van der Waals surface area contributed by atoms with Gasteiger partial charge in [0.25, 0.3) is 0 Å². The Morgan fingerprint density at radius 1 is 1.14 bits per heavy atom.